The van der Waals surface area contributed by atoms with Crippen molar-refractivity contribution in [1.82, 2.24) is 20.9 Å². The molecule has 1 amide bonds. The zero-order valence-electron chi connectivity index (χ0n) is 21.1. The number of alkyl carbamates (subject to hydrolysis) is 1. The van der Waals surface area contributed by atoms with Crippen LogP contribution in [0.3, 0.4) is 0 Å². The second-order valence-corrected chi connectivity index (χ2v) is 9.40. The Kier molecular flexibility index (Phi) is 12.2. The number of ether oxygens (including phenoxy) is 1. The van der Waals surface area contributed by atoms with E-state index < -0.39 is 17.2 Å². The van der Waals surface area contributed by atoms with Crippen molar-refractivity contribution in [2.24, 2.45) is 4.99 Å². The van der Waals surface area contributed by atoms with Gasteiger partial charge in [-0.15, -0.1) is 24.0 Å². The Morgan fingerprint density at radius 1 is 1.18 bits per heavy atom. The lowest BCUT2D eigenvalue weighted by Crippen LogP contribution is -2.53. The lowest BCUT2D eigenvalue weighted by Gasteiger charge is -2.35. The number of nitrogens with zero attached hydrogens (tertiary/aromatic N) is 3. The number of hydrogen-bond acceptors (Lipinski definition) is 5. The summed E-state index contributed by atoms with van der Waals surface area (Å²) in [5.74, 6) is 1.83. The predicted octanol–water partition coefficient (Wildman–Crippen LogP) is 4.31. The molecule has 1 saturated heterocycles. The highest BCUT2D eigenvalue weighted by Gasteiger charge is 2.31. The number of pyridine rings is 1. The van der Waals surface area contributed by atoms with Crippen LogP contribution >= 0.6 is 24.0 Å². The quantitative estimate of drug-likeness (QED) is 0.244. The molecule has 9 heteroatoms. The number of aliphatic imine (C=N–C) groups is 1. The highest BCUT2D eigenvalue weighted by atomic mass is 127. The first-order chi connectivity index (χ1) is 15.2. The molecule has 1 aromatic rings. The van der Waals surface area contributed by atoms with Crippen LogP contribution in [0.25, 0.3) is 0 Å². The maximum atomic E-state index is 12.4. The van der Waals surface area contributed by atoms with Crippen molar-refractivity contribution >= 4 is 41.8 Å². The van der Waals surface area contributed by atoms with Gasteiger partial charge in [-0.05, 0) is 65.5 Å². The van der Waals surface area contributed by atoms with Gasteiger partial charge in [0, 0.05) is 31.9 Å². The first-order valence-electron chi connectivity index (χ1n) is 11.9. The molecule has 0 atom stereocenters. The number of aromatic nitrogens is 1. The molecule has 0 spiro atoms. The maximum Gasteiger partial charge on any atom is 0.408 e. The Labute approximate surface area is 216 Å². The van der Waals surface area contributed by atoms with Crippen LogP contribution < -0.4 is 20.9 Å². The van der Waals surface area contributed by atoms with E-state index in [2.05, 4.69) is 52.7 Å². The van der Waals surface area contributed by atoms with Gasteiger partial charge in [0.15, 0.2) is 5.96 Å². The summed E-state index contributed by atoms with van der Waals surface area (Å²) in [6.45, 7) is 15.0. The summed E-state index contributed by atoms with van der Waals surface area (Å²) in [5.41, 5.74) is -0.964. The number of carbonyl (C=O) groups excluding carboxylic acids is 1. The smallest absolute Gasteiger partial charge is 0.408 e. The molecule has 0 radical (unpaired) electrons. The predicted molar refractivity (Wildman–Crippen MR) is 147 cm³/mol. The molecule has 1 aliphatic heterocycles. The van der Waals surface area contributed by atoms with E-state index in [1.54, 1.807) is 0 Å². The van der Waals surface area contributed by atoms with E-state index in [1.807, 2.05) is 39.1 Å². The maximum absolute atomic E-state index is 12.4. The van der Waals surface area contributed by atoms with Crippen molar-refractivity contribution in [2.75, 3.05) is 31.1 Å². The Balaban J connectivity index is 0.00000544. The van der Waals surface area contributed by atoms with Crippen molar-refractivity contribution in [3.05, 3.63) is 24.4 Å². The molecule has 0 unspecified atom stereocenters. The first-order valence-corrected chi connectivity index (χ1v) is 11.9. The number of halogens is 1. The number of amides is 1. The van der Waals surface area contributed by atoms with Gasteiger partial charge in [-0.25, -0.2) is 9.78 Å². The molecule has 0 aromatic carbocycles. The third-order valence-electron chi connectivity index (χ3n) is 5.81. The highest BCUT2D eigenvalue weighted by molar-refractivity contribution is 14.0. The van der Waals surface area contributed by atoms with Crippen LogP contribution in [-0.2, 0) is 4.74 Å². The third-order valence-corrected chi connectivity index (χ3v) is 5.81. The summed E-state index contributed by atoms with van der Waals surface area (Å²) in [5, 5.41) is 10.0. The number of hydrogen-bond donors (Lipinski definition) is 3. The molecule has 2 rings (SSSR count). The van der Waals surface area contributed by atoms with E-state index in [0.29, 0.717) is 12.6 Å². The highest BCUT2D eigenvalue weighted by Crippen LogP contribution is 2.19. The average Bonchev–Trinajstić information content (AvgIpc) is 2.76. The minimum atomic E-state index is -0.527. The van der Waals surface area contributed by atoms with Crippen LogP contribution in [0.15, 0.2) is 29.4 Å². The first kappa shape index (κ1) is 29.3. The molecule has 2 heterocycles. The lowest BCUT2D eigenvalue weighted by atomic mass is 9.93. The monoisotopic (exact) mass is 574 g/mol. The van der Waals surface area contributed by atoms with Gasteiger partial charge in [-0.2, -0.15) is 0 Å². The summed E-state index contributed by atoms with van der Waals surface area (Å²) in [6.07, 6.45) is 5.03. The molecule has 1 aliphatic rings. The molecule has 1 aromatic heterocycles. The van der Waals surface area contributed by atoms with Crippen LogP contribution in [0.5, 0.6) is 0 Å². The number of rotatable bonds is 8. The van der Waals surface area contributed by atoms with Gasteiger partial charge in [0.05, 0.1) is 12.1 Å². The SMILES string of the molecule is CCNC(=NCC(CC)(CC)NC(=O)OC(C)(C)C)NC1CCN(c2ccccn2)CC1.I. The second kappa shape index (κ2) is 13.8. The van der Waals surface area contributed by atoms with Crippen LogP contribution in [0.2, 0.25) is 0 Å². The zero-order chi connectivity index (χ0) is 23.6. The lowest BCUT2D eigenvalue weighted by molar-refractivity contribution is 0.0452. The number of nitrogens with one attached hydrogen (secondary N) is 3. The molecule has 3 N–H and O–H groups in total. The van der Waals surface area contributed by atoms with Crippen molar-refractivity contribution in [3.8, 4) is 0 Å². The van der Waals surface area contributed by atoms with Crippen molar-refractivity contribution < 1.29 is 9.53 Å². The minimum absolute atomic E-state index is 0. The van der Waals surface area contributed by atoms with Crippen molar-refractivity contribution in [3.63, 3.8) is 0 Å². The van der Waals surface area contributed by atoms with E-state index >= 15 is 0 Å². The molecule has 0 bridgehead atoms. The van der Waals surface area contributed by atoms with Crippen molar-refractivity contribution in [1.29, 1.82) is 0 Å². The number of carbonyl (C=O) groups is 1. The topological polar surface area (TPSA) is 90.9 Å². The van der Waals surface area contributed by atoms with E-state index in [-0.39, 0.29) is 24.0 Å². The van der Waals surface area contributed by atoms with E-state index in [0.717, 1.165) is 57.1 Å². The van der Waals surface area contributed by atoms with Crippen LogP contribution in [0.1, 0.15) is 67.2 Å². The third kappa shape index (κ3) is 9.93. The molecule has 0 saturated carbocycles. The molecule has 33 heavy (non-hydrogen) atoms. The fourth-order valence-electron chi connectivity index (χ4n) is 3.75. The number of guanidine groups is 1. The average molecular weight is 575 g/mol. The summed E-state index contributed by atoms with van der Waals surface area (Å²) in [6, 6.07) is 6.39. The van der Waals surface area contributed by atoms with E-state index in [4.69, 9.17) is 9.73 Å². The summed E-state index contributed by atoms with van der Waals surface area (Å²) < 4.78 is 5.48. The van der Waals surface area contributed by atoms with Gasteiger partial charge < -0.3 is 25.6 Å². The van der Waals surface area contributed by atoms with Gasteiger partial charge in [-0.1, -0.05) is 19.9 Å². The Morgan fingerprint density at radius 3 is 2.36 bits per heavy atom. The Hall–Kier alpha value is -1.78. The fraction of sp³-hybridized carbons (Fsp3) is 0.708. The molecule has 188 valence electrons. The molecule has 8 nitrogen and oxygen atoms in total. The molecular weight excluding hydrogens is 531 g/mol. The Morgan fingerprint density at radius 2 is 1.85 bits per heavy atom. The summed E-state index contributed by atoms with van der Waals surface area (Å²) in [7, 11) is 0. The van der Waals surface area contributed by atoms with Crippen LogP contribution in [0, 0.1) is 0 Å². The van der Waals surface area contributed by atoms with Gasteiger partial charge in [0.25, 0.3) is 0 Å². The summed E-state index contributed by atoms with van der Waals surface area (Å²) in [4.78, 5) is 24.0. The number of anilines is 1. The zero-order valence-corrected chi connectivity index (χ0v) is 23.4. The van der Waals surface area contributed by atoms with E-state index in [1.165, 1.54) is 0 Å². The fourth-order valence-corrected chi connectivity index (χ4v) is 3.75. The largest absolute Gasteiger partial charge is 0.444 e. The number of piperidine rings is 1. The normalized spacial score (nSPS) is 15.5. The molecular formula is C24H43IN6O2. The van der Waals surface area contributed by atoms with Gasteiger partial charge in [0.1, 0.15) is 11.4 Å². The van der Waals surface area contributed by atoms with Crippen LogP contribution in [-0.4, -0.2) is 60.4 Å². The molecule has 0 aliphatic carbocycles. The minimum Gasteiger partial charge on any atom is -0.444 e. The van der Waals surface area contributed by atoms with Crippen LogP contribution in [0.4, 0.5) is 10.6 Å². The summed E-state index contributed by atoms with van der Waals surface area (Å²) >= 11 is 0. The second-order valence-electron chi connectivity index (χ2n) is 9.40. The van der Waals surface area contributed by atoms with E-state index in [9.17, 15) is 4.79 Å². The molecule has 1 fully saturated rings. The van der Waals surface area contributed by atoms with Gasteiger partial charge in [-0.3, -0.25) is 4.99 Å². The van der Waals surface area contributed by atoms with Crippen molar-refractivity contribution in [2.45, 2.75) is 84.4 Å². The van der Waals surface area contributed by atoms with Gasteiger partial charge >= 0.3 is 6.09 Å². The van der Waals surface area contributed by atoms with Gasteiger partial charge in [0.2, 0.25) is 0 Å². The Bertz CT molecular complexity index is 726. The standard InChI is InChI=1S/C24H42N6O2.HI/c1-7-24(8-2,29-22(31)32-23(4,5)6)18-27-21(25-9-3)28-19-13-16-30(17-14-19)20-12-10-11-15-26-20;/h10-12,15,19H,7-9,13-14,16-18H2,1-6H3,(H,29,31)(H2,25,27,28);1H.